The molecule has 0 heterocycles. The maximum Gasteiger partial charge on any atom is 0.453 e. The molecule has 0 radical (unpaired) electrons. The van der Waals surface area contributed by atoms with Gasteiger partial charge in [0.15, 0.2) is 0 Å². The average molecular weight is 1050 g/mol. The van der Waals surface area contributed by atoms with Crippen LogP contribution in [0.1, 0.15) is 202 Å². The van der Waals surface area contributed by atoms with E-state index in [4.69, 9.17) is 16.4 Å². The molecule has 0 spiro atoms. The number of nitrogens with zero attached hydrogens (tertiary/aromatic N) is 1. The highest BCUT2D eigenvalue weighted by Gasteiger charge is 2.57. The maximum absolute atomic E-state index is 12.1. The second kappa shape index (κ2) is 54.3. The van der Waals surface area contributed by atoms with Crippen LogP contribution in [-0.4, -0.2) is 50.8 Å². The first-order chi connectivity index (χ1) is 31.4. The lowest BCUT2D eigenvalue weighted by Crippen LogP contribution is -2.37. The predicted molar refractivity (Wildman–Crippen MR) is 270 cm³/mol. The van der Waals surface area contributed by atoms with Gasteiger partial charge in [-0.15, -0.1) is 25.5 Å². The molecule has 0 atom stereocenters. The fourth-order valence-electron chi connectivity index (χ4n) is 3.89. The molecule has 0 aliphatic heterocycles. The Morgan fingerprint density at radius 1 is 0.543 bits per heavy atom. The number of nitriles is 1. The summed E-state index contributed by atoms with van der Waals surface area (Å²) in [4.78, 5) is 0. The van der Waals surface area contributed by atoms with Crippen LogP contribution in [0.15, 0.2) is 25.3 Å². The molecular weight excluding hydrogens is 945 g/mol. The summed E-state index contributed by atoms with van der Waals surface area (Å²) in [6.07, 6.45) is -1.34. The number of hydrogen-bond donors (Lipinski definition) is 0. The van der Waals surface area contributed by atoms with Crippen LogP contribution < -0.4 is 0 Å². The highest BCUT2D eigenvalue weighted by molar-refractivity contribution is 4.84. The SMILES string of the molecule is C#CCC(C)C.C=CCC(C)C.C=CCCC(C)C.CC(C)CC#N.CC(C)CC(F)(F)C(F)(F)F.CC(C)CC(F)(F)C(F)F.CC(C)CC(F)F.CC(C)CCCC(F)(F)F.COCCC(C)C. The number of terminal acetylenes is 1. The van der Waals surface area contributed by atoms with Gasteiger partial charge in [0.1, 0.15) is 0 Å². The molecule has 2 nitrogen and oxygen atoms in total. The Bertz CT molecular complexity index is 1120. The second-order valence-corrected chi connectivity index (χ2v) is 20.3. The monoisotopic (exact) mass is 1050 g/mol. The number of allylic oxidation sites excluding steroid dienone is 2. The topological polar surface area (TPSA) is 33.0 Å². The van der Waals surface area contributed by atoms with Crippen molar-refractivity contribution >= 4 is 0 Å². The molecule has 16 heteroatoms. The third-order valence-corrected chi connectivity index (χ3v) is 7.48. The number of methoxy groups -OCH3 is 1. The number of rotatable bonds is 20. The standard InChI is InChI=1S/C7H13F3.C7H14.C6H9F5.C6H10F4.C6H14O.C6H12.C6H10.C5H10F2.C5H9N/c1-6(2)4-3-5-7(8,9)10;1-4-5-6-7(2)3;1-4(2)3-5(7,8)6(9,10)11;1-4(2)3-6(9,10)5(7)8;1-6(2)4-5-7-3;2*1-4-5-6(2)3;1-4(2)3-5(6)7;1-5(2)3-4-6/h6H,3-5H2,1-2H3;4,7H,1,5-6H2,2-3H3;4H,3H2,1-2H3;4-5H,3H2,1-2H3;6H,4-5H2,1-3H3;4,6H,1,5H2,2-3H3;1,6H,5H2,2-3H3;4-5H,3H2,1-2H3;5H,3H2,1-2H3. The minimum Gasteiger partial charge on any atom is -0.385 e. The second-order valence-electron chi connectivity index (χ2n) is 20.3. The van der Waals surface area contributed by atoms with Crippen molar-refractivity contribution in [3.05, 3.63) is 25.3 Å². The average Bonchev–Trinajstić information content (AvgIpc) is 3.12. The highest BCUT2D eigenvalue weighted by atomic mass is 19.4. The molecule has 0 bridgehead atoms. The van der Waals surface area contributed by atoms with Crippen LogP contribution in [0.2, 0.25) is 0 Å². The number of ether oxygens (including phenoxy) is 1. The van der Waals surface area contributed by atoms with E-state index in [0.29, 0.717) is 30.6 Å². The van der Waals surface area contributed by atoms with Crippen LogP contribution in [0.5, 0.6) is 0 Å². The van der Waals surface area contributed by atoms with Crippen LogP contribution in [-0.2, 0) is 4.74 Å². The lowest BCUT2D eigenvalue weighted by molar-refractivity contribution is -0.287. The minimum atomic E-state index is -5.41. The van der Waals surface area contributed by atoms with Crippen molar-refractivity contribution in [3.8, 4) is 18.4 Å². The Morgan fingerprint density at radius 3 is 1.06 bits per heavy atom. The van der Waals surface area contributed by atoms with Crippen molar-refractivity contribution in [3.63, 3.8) is 0 Å². The summed E-state index contributed by atoms with van der Waals surface area (Å²) in [5, 5.41) is 7.99. The van der Waals surface area contributed by atoms with Crippen molar-refractivity contribution in [2.24, 2.45) is 53.3 Å². The molecular formula is C54H101F14NO. The molecule has 0 fully saturated rings. The van der Waals surface area contributed by atoms with E-state index in [0.717, 1.165) is 43.6 Å². The molecule has 0 aliphatic rings. The number of hydrogen-bond acceptors (Lipinski definition) is 2. The Hall–Kier alpha value is -2.49. The summed E-state index contributed by atoms with van der Waals surface area (Å²) in [5.41, 5.74) is 0. The van der Waals surface area contributed by atoms with Crippen LogP contribution in [0.3, 0.4) is 0 Å². The van der Waals surface area contributed by atoms with Gasteiger partial charge in [-0.2, -0.15) is 40.4 Å². The van der Waals surface area contributed by atoms with Crippen LogP contribution in [0.25, 0.3) is 0 Å². The largest absolute Gasteiger partial charge is 0.453 e. The van der Waals surface area contributed by atoms with E-state index in [9.17, 15) is 61.5 Å². The summed E-state index contributed by atoms with van der Waals surface area (Å²) >= 11 is 0. The lowest BCUT2D eigenvalue weighted by atomic mass is 10.1. The van der Waals surface area contributed by atoms with Gasteiger partial charge in [0.25, 0.3) is 0 Å². The third kappa shape index (κ3) is 107. The summed E-state index contributed by atoms with van der Waals surface area (Å²) < 4.78 is 167. The molecule has 0 aromatic rings. The van der Waals surface area contributed by atoms with Gasteiger partial charge in [-0.25, -0.2) is 26.3 Å². The molecule has 70 heavy (non-hydrogen) atoms. The Balaban J connectivity index is -0.0000000862. The summed E-state index contributed by atoms with van der Waals surface area (Å²) in [7, 11) is 1.74. The molecule has 0 saturated heterocycles. The number of halogens is 14. The summed E-state index contributed by atoms with van der Waals surface area (Å²) in [5.74, 6) is -2.75. The van der Waals surface area contributed by atoms with Gasteiger partial charge in [0, 0.05) is 52.2 Å². The lowest BCUT2D eigenvalue weighted by Gasteiger charge is -2.20. The zero-order chi connectivity index (χ0) is 58.1. The normalized spacial score (nSPS) is 11.2. The van der Waals surface area contributed by atoms with E-state index in [2.05, 4.69) is 80.5 Å². The molecule has 0 unspecified atom stereocenters. The van der Waals surface area contributed by atoms with E-state index >= 15 is 0 Å². The molecule has 0 aliphatic carbocycles. The quantitative estimate of drug-likeness (QED) is 0.0692. The molecule has 0 rings (SSSR count). The fourth-order valence-corrected chi connectivity index (χ4v) is 3.89. The minimum absolute atomic E-state index is 0.0278. The molecule has 0 N–H and O–H groups in total. The Labute approximate surface area is 420 Å². The Morgan fingerprint density at radius 2 is 0.957 bits per heavy atom. The van der Waals surface area contributed by atoms with Gasteiger partial charge in [0.2, 0.25) is 6.43 Å². The first-order valence-electron chi connectivity index (χ1n) is 24.4. The van der Waals surface area contributed by atoms with E-state index < -0.39 is 68.1 Å². The van der Waals surface area contributed by atoms with Gasteiger partial charge in [0.05, 0.1) is 6.07 Å². The van der Waals surface area contributed by atoms with E-state index in [1.807, 2.05) is 39.8 Å². The van der Waals surface area contributed by atoms with E-state index in [1.165, 1.54) is 40.5 Å². The van der Waals surface area contributed by atoms with Crippen molar-refractivity contribution in [1.29, 1.82) is 5.26 Å². The van der Waals surface area contributed by atoms with Crippen LogP contribution in [0.4, 0.5) is 61.5 Å². The third-order valence-electron chi connectivity index (χ3n) is 7.48. The highest BCUT2D eigenvalue weighted by Crippen LogP contribution is 2.39. The zero-order valence-electron chi connectivity index (χ0n) is 46.8. The van der Waals surface area contributed by atoms with Crippen molar-refractivity contribution in [2.75, 3.05) is 13.7 Å². The maximum atomic E-state index is 12.1. The summed E-state index contributed by atoms with van der Waals surface area (Å²) in [6.45, 7) is 42.6. The first kappa shape index (κ1) is 87.2. The molecule has 0 aromatic carbocycles. The molecule has 0 saturated carbocycles. The van der Waals surface area contributed by atoms with E-state index in [-0.39, 0.29) is 18.8 Å². The number of alkyl halides is 14. The van der Waals surface area contributed by atoms with Gasteiger partial charge in [-0.3, -0.25) is 0 Å². The van der Waals surface area contributed by atoms with Gasteiger partial charge < -0.3 is 4.74 Å². The smallest absolute Gasteiger partial charge is 0.385 e. The van der Waals surface area contributed by atoms with Crippen molar-refractivity contribution in [1.82, 2.24) is 0 Å². The summed E-state index contributed by atoms with van der Waals surface area (Å²) in [6, 6.07) is 2.07. The van der Waals surface area contributed by atoms with Crippen LogP contribution >= 0.6 is 0 Å². The predicted octanol–water partition coefficient (Wildman–Crippen LogP) is 21.6. The van der Waals surface area contributed by atoms with Crippen molar-refractivity contribution < 1.29 is 66.2 Å². The molecule has 0 aromatic heterocycles. The van der Waals surface area contributed by atoms with Gasteiger partial charge >= 0.3 is 30.6 Å². The van der Waals surface area contributed by atoms with Crippen molar-refractivity contribution in [2.45, 2.75) is 239 Å². The van der Waals surface area contributed by atoms with Crippen LogP contribution in [0, 0.1) is 76.9 Å². The first-order valence-corrected chi connectivity index (χ1v) is 24.4. The van der Waals surface area contributed by atoms with E-state index in [1.54, 1.807) is 21.0 Å². The molecule has 426 valence electrons. The van der Waals surface area contributed by atoms with Gasteiger partial charge in [-0.05, 0) is 85.4 Å². The Kier molecular flexibility index (Phi) is 67.7. The molecule has 0 amide bonds. The zero-order valence-corrected chi connectivity index (χ0v) is 46.8. The fraction of sp³-hybridized carbons (Fsp3) is 0.870. The van der Waals surface area contributed by atoms with Gasteiger partial charge in [-0.1, -0.05) is 143 Å².